The highest BCUT2D eigenvalue weighted by Crippen LogP contribution is 2.60. The summed E-state index contributed by atoms with van der Waals surface area (Å²) < 4.78 is 20.6. The first kappa shape index (κ1) is 18.3. The Bertz CT molecular complexity index is 865. The van der Waals surface area contributed by atoms with Crippen LogP contribution in [0.1, 0.15) is 31.2 Å². The Morgan fingerprint density at radius 2 is 2.11 bits per heavy atom. The third kappa shape index (κ3) is 3.42. The van der Waals surface area contributed by atoms with Gasteiger partial charge in [0, 0.05) is 30.4 Å². The fraction of sp³-hybridized carbons (Fsp3) is 0.421. The lowest BCUT2D eigenvalue weighted by molar-refractivity contribution is -0.151. The molecule has 1 heterocycles. The van der Waals surface area contributed by atoms with Crippen molar-refractivity contribution in [3.63, 3.8) is 0 Å². The number of nitrogens with zero attached hydrogens (tertiary/aromatic N) is 1. The van der Waals surface area contributed by atoms with E-state index in [1.165, 1.54) is 12.1 Å². The maximum Gasteiger partial charge on any atom is 0.258 e. The number of aliphatic hydroxyl groups is 1. The van der Waals surface area contributed by atoms with Crippen LogP contribution in [0, 0.1) is 5.82 Å². The van der Waals surface area contributed by atoms with Crippen molar-refractivity contribution in [1.29, 1.82) is 0 Å². The highest BCUT2D eigenvalue weighted by Gasteiger charge is 2.68. The zero-order chi connectivity index (χ0) is 19.2. The molecule has 0 radical (unpaired) electrons. The molecular formula is C19H21ClFN3O3. The maximum absolute atomic E-state index is 13.4. The van der Waals surface area contributed by atoms with E-state index in [-0.39, 0.29) is 34.4 Å². The Balaban J connectivity index is 1.24. The van der Waals surface area contributed by atoms with Crippen LogP contribution < -0.4 is 15.4 Å². The van der Waals surface area contributed by atoms with Gasteiger partial charge in [0.25, 0.3) is 5.91 Å². The van der Waals surface area contributed by atoms with Crippen LogP contribution in [0.4, 0.5) is 4.39 Å². The van der Waals surface area contributed by atoms with Gasteiger partial charge in [0.1, 0.15) is 17.8 Å². The Morgan fingerprint density at radius 3 is 2.74 bits per heavy atom. The molecule has 1 unspecified atom stereocenters. The smallest absolute Gasteiger partial charge is 0.258 e. The standard InChI is InChI=1S/C19H21ClFN3O3/c1-24-6-2-3-15(24)17(26)23-19-9-18(10-19,11-19)22-16(25)8-27-12-4-5-13(20)14(21)7-12/h2-7,17,23,26H,8-11H2,1H3,(H,22,25). The van der Waals surface area contributed by atoms with Crippen molar-refractivity contribution in [2.24, 2.45) is 7.05 Å². The van der Waals surface area contributed by atoms with Crippen molar-refractivity contribution in [1.82, 2.24) is 15.2 Å². The number of aromatic nitrogens is 1. The Hall–Kier alpha value is -2.09. The van der Waals surface area contributed by atoms with Gasteiger partial charge in [-0.05, 0) is 43.5 Å². The van der Waals surface area contributed by atoms with E-state index in [2.05, 4.69) is 10.6 Å². The summed E-state index contributed by atoms with van der Waals surface area (Å²) in [5, 5.41) is 16.6. The van der Waals surface area contributed by atoms with Crippen molar-refractivity contribution < 1.29 is 19.0 Å². The number of rotatable bonds is 7. The van der Waals surface area contributed by atoms with Crippen LogP contribution in [-0.2, 0) is 11.8 Å². The molecule has 5 rings (SSSR count). The van der Waals surface area contributed by atoms with Crippen LogP contribution in [0.5, 0.6) is 5.75 Å². The van der Waals surface area contributed by atoms with E-state index < -0.39 is 12.0 Å². The number of ether oxygens (including phenoxy) is 1. The topological polar surface area (TPSA) is 75.5 Å². The van der Waals surface area contributed by atoms with Crippen molar-refractivity contribution in [3.05, 3.63) is 53.1 Å². The summed E-state index contributed by atoms with van der Waals surface area (Å²) in [5.41, 5.74) is 0.449. The number of hydrogen-bond donors (Lipinski definition) is 3. The van der Waals surface area contributed by atoms with Crippen LogP contribution in [0.15, 0.2) is 36.5 Å². The summed E-state index contributed by atoms with van der Waals surface area (Å²) in [6, 6.07) is 7.82. The quantitative estimate of drug-likeness (QED) is 0.631. The lowest BCUT2D eigenvalue weighted by atomic mass is 9.44. The van der Waals surface area contributed by atoms with E-state index in [0.29, 0.717) is 0 Å². The molecule has 0 spiro atoms. The van der Waals surface area contributed by atoms with Gasteiger partial charge in [0.05, 0.1) is 10.7 Å². The predicted molar refractivity (Wildman–Crippen MR) is 97.9 cm³/mol. The van der Waals surface area contributed by atoms with Gasteiger partial charge >= 0.3 is 0 Å². The van der Waals surface area contributed by atoms with E-state index in [1.807, 2.05) is 29.9 Å². The van der Waals surface area contributed by atoms with Crippen LogP contribution in [0.25, 0.3) is 0 Å². The van der Waals surface area contributed by atoms with Crippen LogP contribution in [0.2, 0.25) is 5.02 Å². The molecule has 1 amide bonds. The molecule has 6 nitrogen and oxygen atoms in total. The summed E-state index contributed by atoms with van der Waals surface area (Å²) in [6.45, 7) is -0.185. The van der Waals surface area contributed by atoms with Gasteiger partial charge in [0.15, 0.2) is 6.61 Å². The van der Waals surface area contributed by atoms with Gasteiger partial charge in [-0.3, -0.25) is 10.1 Å². The minimum atomic E-state index is -0.734. The van der Waals surface area contributed by atoms with E-state index >= 15 is 0 Å². The number of hydrogen-bond acceptors (Lipinski definition) is 4. The van der Waals surface area contributed by atoms with Gasteiger partial charge in [0.2, 0.25) is 0 Å². The highest BCUT2D eigenvalue weighted by atomic mass is 35.5. The normalized spacial score (nSPS) is 26.7. The molecule has 1 aromatic carbocycles. The van der Waals surface area contributed by atoms with Crippen LogP contribution in [0.3, 0.4) is 0 Å². The average molecular weight is 394 g/mol. The number of amides is 1. The van der Waals surface area contributed by atoms with Gasteiger partial charge in [-0.15, -0.1) is 0 Å². The number of nitrogens with one attached hydrogen (secondary N) is 2. The molecule has 0 aliphatic heterocycles. The molecule has 27 heavy (non-hydrogen) atoms. The highest BCUT2D eigenvalue weighted by molar-refractivity contribution is 6.30. The molecule has 8 heteroatoms. The van der Waals surface area contributed by atoms with E-state index in [0.717, 1.165) is 31.0 Å². The van der Waals surface area contributed by atoms with Crippen molar-refractivity contribution >= 4 is 17.5 Å². The molecule has 144 valence electrons. The van der Waals surface area contributed by atoms with E-state index in [4.69, 9.17) is 16.3 Å². The lowest BCUT2D eigenvalue weighted by Crippen LogP contribution is -2.83. The number of halogens is 2. The minimum Gasteiger partial charge on any atom is -0.484 e. The zero-order valence-corrected chi connectivity index (χ0v) is 15.6. The summed E-state index contributed by atoms with van der Waals surface area (Å²) >= 11 is 5.62. The molecule has 1 atom stereocenters. The summed E-state index contributed by atoms with van der Waals surface area (Å²) in [5.74, 6) is -0.575. The Morgan fingerprint density at radius 1 is 1.37 bits per heavy atom. The largest absolute Gasteiger partial charge is 0.484 e. The lowest BCUT2D eigenvalue weighted by Gasteiger charge is -2.71. The second kappa shape index (κ2) is 6.51. The second-order valence-corrected chi connectivity index (χ2v) is 8.00. The van der Waals surface area contributed by atoms with Crippen LogP contribution >= 0.6 is 11.6 Å². The van der Waals surface area contributed by atoms with E-state index in [9.17, 15) is 14.3 Å². The maximum atomic E-state index is 13.4. The monoisotopic (exact) mass is 393 g/mol. The average Bonchev–Trinajstić information content (AvgIpc) is 2.99. The molecule has 1 aromatic heterocycles. The Labute approximate surface area is 161 Å². The van der Waals surface area contributed by atoms with Gasteiger partial charge < -0.3 is 19.7 Å². The first-order valence-electron chi connectivity index (χ1n) is 8.76. The van der Waals surface area contributed by atoms with Crippen LogP contribution in [-0.4, -0.2) is 33.3 Å². The molecule has 2 bridgehead atoms. The SMILES string of the molecule is Cn1cccc1C(O)NC12CC(NC(=O)COc3ccc(Cl)c(F)c3)(C1)C2. The molecule has 3 fully saturated rings. The summed E-state index contributed by atoms with van der Waals surface area (Å²) in [4.78, 5) is 12.1. The van der Waals surface area contributed by atoms with Crippen molar-refractivity contribution in [2.45, 2.75) is 36.6 Å². The molecule has 3 aliphatic carbocycles. The van der Waals surface area contributed by atoms with E-state index in [1.54, 1.807) is 0 Å². The number of benzene rings is 1. The van der Waals surface area contributed by atoms with Gasteiger partial charge in [-0.2, -0.15) is 0 Å². The first-order valence-corrected chi connectivity index (χ1v) is 9.14. The minimum absolute atomic E-state index is 0.0102. The molecule has 3 saturated carbocycles. The first-order chi connectivity index (χ1) is 12.8. The number of aryl methyl sites for hydroxylation is 1. The molecular weight excluding hydrogens is 373 g/mol. The molecule has 3 aliphatic rings. The summed E-state index contributed by atoms with van der Waals surface area (Å²) in [7, 11) is 1.89. The third-order valence-corrected chi connectivity index (χ3v) is 5.71. The van der Waals surface area contributed by atoms with Crippen molar-refractivity contribution in [3.8, 4) is 5.75 Å². The fourth-order valence-electron chi connectivity index (χ4n) is 4.24. The number of carbonyl (C=O) groups is 1. The third-order valence-electron chi connectivity index (χ3n) is 5.40. The number of carbonyl (C=O) groups excluding carboxylic acids is 1. The predicted octanol–water partition coefficient (Wildman–Crippen LogP) is 2.27. The Kier molecular flexibility index (Phi) is 4.41. The van der Waals surface area contributed by atoms with Gasteiger partial charge in [-0.1, -0.05) is 11.6 Å². The van der Waals surface area contributed by atoms with Crippen molar-refractivity contribution in [2.75, 3.05) is 6.61 Å². The second-order valence-electron chi connectivity index (χ2n) is 7.59. The molecule has 0 saturated heterocycles. The summed E-state index contributed by atoms with van der Waals surface area (Å²) in [6.07, 6.45) is 3.45. The van der Waals surface area contributed by atoms with Gasteiger partial charge in [-0.25, -0.2) is 4.39 Å². The zero-order valence-electron chi connectivity index (χ0n) is 14.8. The number of aliphatic hydroxyl groups excluding tert-OH is 1. The molecule has 3 N–H and O–H groups in total. The molecule has 2 aromatic rings. The fourth-order valence-corrected chi connectivity index (χ4v) is 4.36.